The van der Waals surface area contributed by atoms with Gasteiger partial charge in [-0.3, -0.25) is 0 Å². The molecule has 0 amide bonds. The number of methoxy groups -OCH3 is 1. The second kappa shape index (κ2) is 11.5. The van der Waals surface area contributed by atoms with Crippen LogP contribution in [0.5, 0.6) is 5.75 Å². The van der Waals surface area contributed by atoms with Crippen molar-refractivity contribution < 1.29 is 14.3 Å². The van der Waals surface area contributed by atoms with Gasteiger partial charge in [-0.2, -0.15) is 0 Å². The highest BCUT2D eigenvalue weighted by Crippen LogP contribution is 2.37. The second-order valence-corrected chi connectivity index (χ2v) is 9.68. The van der Waals surface area contributed by atoms with E-state index in [0.717, 1.165) is 30.7 Å². The number of rotatable bonds is 6. The average Bonchev–Trinajstić information content (AvgIpc) is 2.73. The fraction of sp³-hybridized carbons (Fsp3) is 0.393. The summed E-state index contributed by atoms with van der Waals surface area (Å²) < 4.78 is 11.0. The van der Waals surface area contributed by atoms with Crippen LogP contribution in [0.2, 0.25) is 0 Å². The molecule has 1 aliphatic rings. The standard InChI is InChI=1S/C28H35NO3.ClH/c1-28(2,3)32-27(30)23-11-7-9-20(16-23)15-21-13-14-24(19-29(4)5)26(17-21)22-10-8-12-25(18-22)31-6;/h7-12,15-18,24H,13-14,19H2,1-6H3;1H/b21-15+;. The first-order chi connectivity index (χ1) is 15.1. The van der Waals surface area contributed by atoms with Crippen molar-refractivity contribution in [3.63, 3.8) is 0 Å². The van der Waals surface area contributed by atoms with E-state index in [4.69, 9.17) is 9.47 Å². The molecule has 0 radical (unpaired) electrons. The summed E-state index contributed by atoms with van der Waals surface area (Å²) in [4.78, 5) is 14.7. The number of hydrogen-bond acceptors (Lipinski definition) is 4. The lowest BCUT2D eigenvalue weighted by Crippen LogP contribution is -2.24. The van der Waals surface area contributed by atoms with Crippen molar-refractivity contribution in [2.24, 2.45) is 5.92 Å². The zero-order chi connectivity index (χ0) is 23.3. The smallest absolute Gasteiger partial charge is 0.338 e. The summed E-state index contributed by atoms with van der Waals surface area (Å²) in [5.41, 5.74) is 4.87. The van der Waals surface area contributed by atoms with Gasteiger partial charge in [-0.1, -0.05) is 36.4 Å². The van der Waals surface area contributed by atoms with E-state index in [9.17, 15) is 4.79 Å². The molecular formula is C28H36ClNO3. The van der Waals surface area contributed by atoms with Gasteiger partial charge in [0.05, 0.1) is 12.7 Å². The minimum absolute atomic E-state index is 0. The van der Waals surface area contributed by atoms with Gasteiger partial charge in [0.25, 0.3) is 0 Å². The van der Waals surface area contributed by atoms with E-state index in [1.165, 1.54) is 16.7 Å². The minimum Gasteiger partial charge on any atom is -0.497 e. The predicted octanol–water partition coefficient (Wildman–Crippen LogP) is 6.51. The van der Waals surface area contributed by atoms with Gasteiger partial charge in [-0.05, 0) is 100 Å². The number of carbonyl (C=O) groups is 1. The van der Waals surface area contributed by atoms with Crippen LogP contribution >= 0.6 is 12.4 Å². The Kier molecular flexibility index (Phi) is 9.33. The van der Waals surface area contributed by atoms with Crippen molar-refractivity contribution in [2.45, 2.75) is 39.2 Å². The van der Waals surface area contributed by atoms with Crippen LogP contribution in [0, 0.1) is 5.92 Å². The zero-order valence-electron chi connectivity index (χ0n) is 20.6. The number of esters is 1. The van der Waals surface area contributed by atoms with Gasteiger partial charge in [0.1, 0.15) is 11.4 Å². The molecule has 0 heterocycles. The van der Waals surface area contributed by atoms with E-state index in [0.29, 0.717) is 11.5 Å². The van der Waals surface area contributed by atoms with Crippen molar-refractivity contribution in [2.75, 3.05) is 27.7 Å². The van der Waals surface area contributed by atoms with Crippen LogP contribution < -0.4 is 4.74 Å². The lowest BCUT2D eigenvalue weighted by atomic mass is 9.81. The summed E-state index contributed by atoms with van der Waals surface area (Å²) in [6.45, 7) is 6.65. The molecule has 1 unspecified atom stereocenters. The average molecular weight is 470 g/mol. The first kappa shape index (κ1) is 26.7. The molecule has 33 heavy (non-hydrogen) atoms. The highest BCUT2D eigenvalue weighted by molar-refractivity contribution is 5.90. The Morgan fingerprint density at radius 3 is 2.52 bits per heavy atom. The van der Waals surface area contributed by atoms with Crippen LogP contribution in [-0.4, -0.2) is 44.2 Å². The molecule has 1 atom stereocenters. The molecule has 0 N–H and O–H groups in total. The van der Waals surface area contributed by atoms with Crippen LogP contribution in [0.3, 0.4) is 0 Å². The molecule has 0 aromatic heterocycles. The molecule has 178 valence electrons. The largest absolute Gasteiger partial charge is 0.497 e. The number of benzene rings is 2. The maximum atomic E-state index is 12.5. The molecule has 0 saturated heterocycles. The number of ether oxygens (including phenoxy) is 2. The summed E-state index contributed by atoms with van der Waals surface area (Å²) in [6.07, 6.45) is 6.58. The molecule has 1 aliphatic carbocycles. The molecule has 0 fully saturated rings. The number of hydrogen-bond donors (Lipinski definition) is 0. The second-order valence-electron chi connectivity index (χ2n) is 9.68. The normalized spacial score (nSPS) is 17.4. The lowest BCUT2D eigenvalue weighted by molar-refractivity contribution is 0.00695. The SMILES string of the molecule is COc1cccc(C2=C/C(=C/c3cccc(C(=O)OC(C)(C)C)c3)CCC2CN(C)C)c1.Cl. The number of carbonyl (C=O) groups excluding carboxylic acids is 1. The summed E-state index contributed by atoms with van der Waals surface area (Å²) >= 11 is 0. The van der Waals surface area contributed by atoms with Crippen LogP contribution in [0.25, 0.3) is 11.6 Å². The van der Waals surface area contributed by atoms with Gasteiger partial charge in [0, 0.05) is 6.54 Å². The monoisotopic (exact) mass is 469 g/mol. The summed E-state index contributed by atoms with van der Waals surface area (Å²) in [7, 11) is 5.95. The van der Waals surface area contributed by atoms with Gasteiger partial charge in [-0.25, -0.2) is 4.79 Å². The Balaban J connectivity index is 0.00000385. The number of halogens is 1. The fourth-order valence-electron chi connectivity index (χ4n) is 4.06. The van der Waals surface area contributed by atoms with E-state index in [1.54, 1.807) is 7.11 Å². The Hall–Kier alpha value is -2.56. The lowest BCUT2D eigenvalue weighted by Gasteiger charge is -2.29. The Morgan fingerprint density at radius 1 is 1.12 bits per heavy atom. The highest BCUT2D eigenvalue weighted by Gasteiger charge is 2.22. The van der Waals surface area contributed by atoms with Crippen LogP contribution in [-0.2, 0) is 4.74 Å². The third-order valence-electron chi connectivity index (χ3n) is 5.42. The zero-order valence-corrected chi connectivity index (χ0v) is 21.4. The van der Waals surface area contributed by atoms with Crippen molar-refractivity contribution in [1.82, 2.24) is 4.90 Å². The van der Waals surface area contributed by atoms with Crippen molar-refractivity contribution in [3.8, 4) is 5.75 Å². The topological polar surface area (TPSA) is 38.8 Å². The highest BCUT2D eigenvalue weighted by atomic mass is 35.5. The first-order valence-corrected chi connectivity index (χ1v) is 11.2. The van der Waals surface area contributed by atoms with Gasteiger partial charge < -0.3 is 14.4 Å². The molecule has 5 heteroatoms. The molecule has 0 spiro atoms. The molecule has 0 aliphatic heterocycles. The van der Waals surface area contributed by atoms with E-state index in [1.807, 2.05) is 57.2 Å². The number of nitrogens with zero attached hydrogens (tertiary/aromatic N) is 1. The van der Waals surface area contributed by atoms with Crippen LogP contribution in [0.1, 0.15) is 55.1 Å². The fourth-order valence-corrected chi connectivity index (χ4v) is 4.06. The van der Waals surface area contributed by atoms with Gasteiger partial charge in [0.15, 0.2) is 0 Å². The molecule has 0 bridgehead atoms. The third kappa shape index (κ3) is 7.76. The van der Waals surface area contributed by atoms with Crippen molar-refractivity contribution in [3.05, 3.63) is 76.9 Å². The Labute approximate surface area is 204 Å². The predicted molar refractivity (Wildman–Crippen MR) is 139 cm³/mol. The molecule has 2 aromatic rings. The molecule has 2 aromatic carbocycles. The molecular weight excluding hydrogens is 434 g/mol. The van der Waals surface area contributed by atoms with Crippen LogP contribution in [0.4, 0.5) is 0 Å². The Morgan fingerprint density at radius 2 is 1.85 bits per heavy atom. The van der Waals surface area contributed by atoms with Crippen molar-refractivity contribution in [1.29, 1.82) is 0 Å². The first-order valence-electron chi connectivity index (χ1n) is 11.2. The minimum atomic E-state index is -0.509. The summed E-state index contributed by atoms with van der Waals surface area (Å²) in [6, 6.07) is 16.0. The quantitative estimate of drug-likeness (QED) is 0.452. The van der Waals surface area contributed by atoms with Gasteiger partial charge in [-0.15, -0.1) is 12.4 Å². The number of allylic oxidation sites excluding steroid dienone is 2. The van der Waals surface area contributed by atoms with E-state index < -0.39 is 5.60 Å². The van der Waals surface area contributed by atoms with E-state index in [2.05, 4.69) is 43.3 Å². The summed E-state index contributed by atoms with van der Waals surface area (Å²) in [5, 5.41) is 0. The molecule has 3 rings (SSSR count). The maximum Gasteiger partial charge on any atom is 0.338 e. The van der Waals surface area contributed by atoms with E-state index >= 15 is 0 Å². The molecule has 4 nitrogen and oxygen atoms in total. The third-order valence-corrected chi connectivity index (χ3v) is 5.42. The van der Waals surface area contributed by atoms with Crippen molar-refractivity contribution >= 4 is 30.0 Å². The van der Waals surface area contributed by atoms with Crippen LogP contribution in [0.15, 0.2) is 60.2 Å². The van der Waals surface area contributed by atoms with Gasteiger partial charge in [0.2, 0.25) is 0 Å². The summed E-state index contributed by atoms with van der Waals surface area (Å²) in [5.74, 6) is 1.04. The van der Waals surface area contributed by atoms with E-state index in [-0.39, 0.29) is 18.4 Å². The van der Waals surface area contributed by atoms with Gasteiger partial charge >= 0.3 is 5.97 Å². The molecule has 0 saturated carbocycles. The Bertz CT molecular complexity index is 1020. The maximum absolute atomic E-state index is 12.5.